The number of halogens is 2. The zero-order chi connectivity index (χ0) is 20.0. The summed E-state index contributed by atoms with van der Waals surface area (Å²) in [6.45, 7) is 3.83. The van der Waals surface area contributed by atoms with Crippen molar-refractivity contribution in [1.29, 1.82) is 0 Å². The fourth-order valence-electron chi connectivity index (χ4n) is 3.30. The number of guanidine groups is 1. The average molecular weight is 510 g/mol. The number of nitrogens with zero attached hydrogens (tertiary/aromatic N) is 1. The van der Waals surface area contributed by atoms with Crippen LogP contribution in [0.1, 0.15) is 41.3 Å². The summed E-state index contributed by atoms with van der Waals surface area (Å²) in [5.41, 5.74) is 2.19. The van der Waals surface area contributed by atoms with E-state index < -0.39 is 0 Å². The first-order valence-corrected chi connectivity index (χ1v) is 9.66. The maximum atomic E-state index is 14.2. The molecule has 0 saturated heterocycles. The van der Waals surface area contributed by atoms with Crippen LogP contribution in [0.15, 0.2) is 53.5 Å². The highest BCUT2D eigenvalue weighted by Gasteiger charge is 2.45. The Morgan fingerprint density at radius 2 is 1.90 bits per heavy atom. The van der Waals surface area contributed by atoms with Gasteiger partial charge < -0.3 is 16.0 Å². The van der Waals surface area contributed by atoms with Crippen LogP contribution in [-0.4, -0.2) is 32.0 Å². The van der Waals surface area contributed by atoms with Gasteiger partial charge in [0.2, 0.25) is 0 Å². The fraction of sp³-hybridized carbons (Fsp3) is 0.364. The van der Waals surface area contributed by atoms with Gasteiger partial charge >= 0.3 is 0 Å². The molecule has 0 atom stereocenters. The topological polar surface area (TPSA) is 65.5 Å². The molecule has 3 N–H and O–H groups in total. The van der Waals surface area contributed by atoms with Gasteiger partial charge in [0.1, 0.15) is 5.82 Å². The van der Waals surface area contributed by atoms with Gasteiger partial charge in [-0.05, 0) is 49.1 Å². The first kappa shape index (κ1) is 23.1. The first-order chi connectivity index (χ1) is 13.6. The van der Waals surface area contributed by atoms with E-state index in [2.05, 4.69) is 20.9 Å². The molecule has 156 valence electrons. The van der Waals surface area contributed by atoms with Crippen LogP contribution >= 0.6 is 24.0 Å². The molecule has 0 spiro atoms. The molecule has 1 fully saturated rings. The lowest BCUT2D eigenvalue weighted by molar-refractivity contribution is 0.0963. The van der Waals surface area contributed by atoms with Crippen molar-refractivity contribution in [2.45, 2.75) is 31.7 Å². The van der Waals surface area contributed by atoms with E-state index in [0.29, 0.717) is 24.6 Å². The van der Waals surface area contributed by atoms with Gasteiger partial charge in [-0.15, -0.1) is 24.0 Å². The van der Waals surface area contributed by atoms with Crippen molar-refractivity contribution in [2.24, 2.45) is 4.99 Å². The molecule has 0 bridgehead atoms. The summed E-state index contributed by atoms with van der Waals surface area (Å²) in [5, 5.41) is 9.22. The highest BCUT2D eigenvalue weighted by Crippen LogP contribution is 2.48. The molecule has 0 aliphatic heterocycles. The molecule has 0 heterocycles. The predicted molar refractivity (Wildman–Crippen MR) is 125 cm³/mol. The van der Waals surface area contributed by atoms with Crippen molar-refractivity contribution in [2.75, 3.05) is 20.1 Å². The largest absolute Gasteiger partial charge is 0.357 e. The maximum absolute atomic E-state index is 14.2. The van der Waals surface area contributed by atoms with E-state index in [1.807, 2.05) is 37.3 Å². The van der Waals surface area contributed by atoms with E-state index in [0.717, 1.165) is 30.5 Å². The number of rotatable bonds is 7. The summed E-state index contributed by atoms with van der Waals surface area (Å²) in [6, 6.07) is 14.4. The Balaban J connectivity index is 0.00000300. The molecule has 1 aliphatic carbocycles. The Morgan fingerprint density at radius 3 is 2.55 bits per heavy atom. The van der Waals surface area contributed by atoms with Crippen molar-refractivity contribution in [3.05, 3.63) is 71.0 Å². The molecule has 3 rings (SSSR count). The van der Waals surface area contributed by atoms with E-state index in [1.165, 1.54) is 6.07 Å². The lowest BCUT2D eigenvalue weighted by Crippen LogP contribution is -2.41. The minimum atomic E-state index is -0.152. The van der Waals surface area contributed by atoms with Crippen molar-refractivity contribution in [3.8, 4) is 0 Å². The number of hydrogen-bond acceptors (Lipinski definition) is 2. The molecule has 0 aromatic heterocycles. The zero-order valence-corrected chi connectivity index (χ0v) is 19.1. The van der Waals surface area contributed by atoms with Gasteiger partial charge in [-0.2, -0.15) is 0 Å². The summed E-state index contributed by atoms with van der Waals surface area (Å²) >= 11 is 0. The van der Waals surface area contributed by atoms with Crippen LogP contribution in [0.4, 0.5) is 4.39 Å². The van der Waals surface area contributed by atoms with Crippen LogP contribution in [0.3, 0.4) is 0 Å². The van der Waals surface area contributed by atoms with Crippen LogP contribution in [0.25, 0.3) is 0 Å². The third-order valence-corrected chi connectivity index (χ3v) is 5.07. The van der Waals surface area contributed by atoms with E-state index >= 15 is 0 Å². The molecule has 2 aromatic carbocycles. The van der Waals surface area contributed by atoms with Crippen LogP contribution < -0.4 is 16.0 Å². The second-order valence-electron chi connectivity index (χ2n) is 7.09. The minimum absolute atomic E-state index is 0. The standard InChI is InChI=1S/C22H27FN4O.HI/c1-3-25-21(26-14-16-7-6-8-17(13-16)20(28)24-2)27-15-22(11-12-22)18-9-4-5-10-19(18)23;/h4-10,13H,3,11-12,14-15H2,1-2H3,(H,24,28)(H2,25,26,27);1H. The Labute approximate surface area is 188 Å². The number of carbonyl (C=O) groups is 1. The van der Waals surface area contributed by atoms with Crippen molar-refractivity contribution < 1.29 is 9.18 Å². The Bertz CT molecular complexity index is 867. The molecule has 7 heteroatoms. The summed E-state index contributed by atoms with van der Waals surface area (Å²) in [4.78, 5) is 16.4. The third-order valence-electron chi connectivity index (χ3n) is 5.07. The van der Waals surface area contributed by atoms with Gasteiger partial charge in [0, 0.05) is 31.1 Å². The van der Waals surface area contributed by atoms with E-state index in [9.17, 15) is 9.18 Å². The Kier molecular flexibility index (Phi) is 8.43. The summed E-state index contributed by atoms with van der Waals surface area (Å²) < 4.78 is 14.2. The number of aliphatic imine (C=N–C) groups is 1. The molecule has 0 unspecified atom stereocenters. The zero-order valence-electron chi connectivity index (χ0n) is 16.8. The quantitative estimate of drug-likeness (QED) is 0.303. The van der Waals surface area contributed by atoms with E-state index in [4.69, 9.17) is 0 Å². The second-order valence-corrected chi connectivity index (χ2v) is 7.09. The van der Waals surface area contributed by atoms with Gasteiger partial charge in [0.05, 0.1) is 6.54 Å². The van der Waals surface area contributed by atoms with Gasteiger partial charge in [-0.25, -0.2) is 9.38 Å². The minimum Gasteiger partial charge on any atom is -0.357 e. The summed E-state index contributed by atoms with van der Waals surface area (Å²) in [7, 11) is 1.61. The fourth-order valence-corrected chi connectivity index (χ4v) is 3.30. The number of amides is 1. The summed E-state index contributed by atoms with van der Waals surface area (Å²) in [5.74, 6) is 0.432. The van der Waals surface area contributed by atoms with Crippen LogP contribution in [0.2, 0.25) is 0 Å². The summed E-state index contributed by atoms with van der Waals surface area (Å²) in [6.07, 6.45) is 1.93. The lowest BCUT2D eigenvalue weighted by atomic mass is 9.95. The number of nitrogens with one attached hydrogen (secondary N) is 3. The smallest absolute Gasteiger partial charge is 0.251 e. The number of benzene rings is 2. The first-order valence-electron chi connectivity index (χ1n) is 9.66. The van der Waals surface area contributed by atoms with Crippen LogP contribution in [-0.2, 0) is 12.0 Å². The SMILES string of the molecule is CCNC(=NCc1cccc(C(=O)NC)c1)NCC1(c2ccccc2F)CC1.I. The highest BCUT2D eigenvalue weighted by molar-refractivity contribution is 14.0. The average Bonchev–Trinajstić information content (AvgIpc) is 3.51. The third kappa shape index (κ3) is 5.91. The highest BCUT2D eigenvalue weighted by atomic mass is 127. The Hall–Kier alpha value is -2.16. The Morgan fingerprint density at radius 1 is 1.14 bits per heavy atom. The molecular weight excluding hydrogens is 482 g/mol. The molecule has 1 aliphatic rings. The van der Waals surface area contributed by atoms with Crippen molar-refractivity contribution in [3.63, 3.8) is 0 Å². The molecule has 2 aromatic rings. The van der Waals surface area contributed by atoms with Gasteiger partial charge in [-0.1, -0.05) is 30.3 Å². The molecule has 1 amide bonds. The number of hydrogen-bond donors (Lipinski definition) is 3. The monoisotopic (exact) mass is 510 g/mol. The molecule has 5 nitrogen and oxygen atoms in total. The van der Waals surface area contributed by atoms with E-state index in [-0.39, 0.29) is 41.1 Å². The van der Waals surface area contributed by atoms with Gasteiger partial charge in [-0.3, -0.25) is 4.79 Å². The molecule has 0 radical (unpaired) electrons. The predicted octanol–water partition coefficient (Wildman–Crippen LogP) is 3.59. The van der Waals surface area contributed by atoms with Crippen LogP contribution in [0.5, 0.6) is 0 Å². The van der Waals surface area contributed by atoms with Gasteiger partial charge in [0.15, 0.2) is 5.96 Å². The van der Waals surface area contributed by atoms with E-state index in [1.54, 1.807) is 19.2 Å². The van der Waals surface area contributed by atoms with Crippen LogP contribution in [0, 0.1) is 5.82 Å². The lowest BCUT2D eigenvalue weighted by Gasteiger charge is -2.19. The van der Waals surface area contributed by atoms with Crippen molar-refractivity contribution in [1.82, 2.24) is 16.0 Å². The second kappa shape index (κ2) is 10.6. The number of carbonyl (C=O) groups excluding carboxylic acids is 1. The normalized spacial score (nSPS) is 14.5. The molecule has 29 heavy (non-hydrogen) atoms. The van der Waals surface area contributed by atoms with Crippen molar-refractivity contribution >= 4 is 35.8 Å². The molecular formula is C22H28FIN4O. The molecule has 1 saturated carbocycles. The maximum Gasteiger partial charge on any atom is 0.251 e. The van der Waals surface area contributed by atoms with Gasteiger partial charge in [0.25, 0.3) is 5.91 Å².